The Morgan fingerprint density at radius 2 is 1.54 bits per heavy atom. The summed E-state index contributed by atoms with van der Waals surface area (Å²) < 4.78 is 7.10. The summed E-state index contributed by atoms with van der Waals surface area (Å²) in [5.41, 5.74) is 4.29. The molecule has 0 aliphatic rings. The van der Waals surface area contributed by atoms with Gasteiger partial charge in [0.15, 0.2) is 0 Å². The summed E-state index contributed by atoms with van der Waals surface area (Å²) >= 11 is 0. The zero-order valence-corrected chi connectivity index (χ0v) is 20.7. The van der Waals surface area contributed by atoms with Crippen LogP contribution in [0.4, 0.5) is 0 Å². The van der Waals surface area contributed by atoms with E-state index in [1.54, 1.807) is 0 Å². The molecule has 0 saturated carbocycles. The molecule has 1 nitrogen and oxygen atoms in total. The van der Waals surface area contributed by atoms with Crippen LogP contribution in [-0.4, -0.2) is 8.32 Å². The minimum absolute atomic E-state index is 0.411. The third-order valence-corrected chi connectivity index (χ3v) is 12.0. The first-order valence-corrected chi connectivity index (χ1v) is 13.4. The fourth-order valence-corrected chi connectivity index (χ4v) is 10.0. The summed E-state index contributed by atoms with van der Waals surface area (Å²) in [5, 5.41) is 0. The number of rotatable bonds is 12. The van der Waals surface area contributed by atoms with E-state index in [0.717, 1.165) is 12.2 Å². The van der Waals surface area contributed by atoms with E-state index in [9.17, 15) is 0 Å². The van der Waals surface area contributed by atoms with E-state index >= 15 is 0 Å². The molecule has 28 heavy (non-hydrogen) atoms. The Kier molecular flexibility index (Phi) is 10.3. The average molecular weight is 401 g/mol. The highest BCUT2D eigenvalue weighted by Crippen LogP contribution is 2.44. The molecule has 0 radical (unpaired) electrons. The van der Waals surface area contributed by atoms with Crippen molar-refractivity contribution in [3.05, 3.63) is 59.9 Å². The zero-order chi connectivity index (χ0) is 21.3. The number of hydrogen-bond acceptors (Lipinski definition) is 1. The molecular weight excluding hydrogens is 356 g/mol. The first kappa shape index (κ1) is 24.8. The summed E-state index contributed by atoms with van der Waals surface area (Å²) in [6, 6.07) is 10.9. The maximum Gasteiger partial charge on any atom is 0.258 e. The average Bonchev–Trinajstić information content (AvgIpc) is 2.62. The Labute approximate surface area is 176 Å². The van der Waals surface area contributed by atoms with Gasteiger partial charge in [-0.15, -0.1) is 0 Å². The number of benzene rings is 1. The maximum atomic E-state index is 7.10. The second kappa shape index (κ2) is 11.7. The molecule has 1 aromatic carbocycles. The van der Waals surface area contributed by atoms with Crippen LogP contribution >= 0.6 is 0 Å². The van der Waals surface area contributed by atoms with Gasteiger partial charge in [-0.05, 0) is 41.6 Å². The van der Waals surface area contributed by atoms with Gasteiger partial charge in [0.05, 0.1) is 5.76 Å². The molecular formula is C26H44OSi. The molecule has 0 aliphatic heterocycles. The topological polar surface area (TPSA) is 9.23 Å². The van der Waals surface area contributed by atoms with Crippen LogP contribution in [0.2, 0.25) is 16.6 Å². The minimum atomic E-state index is -1.97. The van der Waals surface area contributed by atoms with Crippen molar-refractivity contribution < 1.29 is 4.43 Å². The fourth-order valence-electron chi connectivity index (χ4n) is 4.70. The van der Waals surface area contributed by atoms with E-state index in [1.165, 1.54) is 30.4 Å². The Bertz CT molecular complexity index is 591. The lowest BCUT2D eigenvalue weighted by Gasteiger charge is -2.43. The zero-order valence-electron chi connectivity index (χ0n) is 19.7. The molecule has 0 bridgehead atoms. The van der Waals surface area contributed by atoms with E-state index in [0.29, 0.717) is 22.5 Å². The molecule has 0 saturated heterocycles. The highest BCUT2D eigenvalue weighted by Gasteiger charge is 2.47. The van der Waals surface area contributed by atoms with Crippen molar-refractivity contribution in [3.8, 4) is 0 Å². The van der Waals surface area contributed by atoms with Gasteiger partial charge in [0.1, 0.15) is 0 Å². The SMILES string of the molecule is C=C(C)C/C(=C\C(CCCC)c1ccccc1)O[Si](C(C)C)(C(C)C)C(C)C. The van der Waals surface area contributed by atoms with Gasteiger partial charge in [-0.25, -0.2) is 0 Å². The Morgan fingerprint density at radius 1 is 1.00 bits per heavy atom. The van der Waals surface area contributed by atoms with E-state index in [4.69, 9.17) is 4.43 Å². The molecule has 0 heterocycles. The van der Waals surface area contributed by atoms with Gasteiger partial charge in [-0.1, -0.05) is 104 Å². The number of hydrogen-bond donors (Lipinski definition) is 0. The van der Waals surface area contributed by atoms with Crippen molar-refractivity contribution in [2.24, 2.45) is 0 Å². The molecule has 1 atom stereocenters. The third kappa shape index (κ3) is 6.65. The van der Waals surface area contributed by atoms with Gasteiger partial charge in [-0.3, -0.25) is 0 Å². The van der Waals surface area contributed by atoms with Gasteiger partial charge in [0.2, 0.25) is 0 Å². The van der Waals surface area contributed by atoms with Crippen molar-refractivity contribution >= 4 is 8.32 Å². The minimum Gasteiger partial charge on any atom is -0.546 e. The normalized spacial score (nSPS) is 14.0. The third-order valence-electron chi connectivity index (χ3n) is 5.97. The van der Waals surface area contributed by atoms with E-state index in [2.05, 4.69) is 98.4 Å². The van der Waals surface area contributed by atoms with Crippen LogP contribution < -0.4 is 0 Å². The van der Waals surface area contributed by atoms with Crippen molar-refractivity contribution in [1.82, 2.24) is 0 Å². The molecule has 0 amide bonds. The molecule has 1 aromatic rings. The summed E-state index contributed by atoms with van der Waals surface area (Å²) in [4.78, 5) is 0. The standard InChI is InChI=1S/C26H44OSi/c1-10-11-15-25(24-16-13-12-14-17-24)19-26(18-20(2)3)27-28(21(4)5,22(6)7)23(8)9/h12-14,16-17,19,21-23,25H,2,10-11,15,18H2,1,3-9H3/b26-19+. The fraction of sp³-hybridized carbons (Fsp3) is 0.615. The first-order chi connectivity index (χ1) is 13.1. The number of allylic oxidation sites excluding steroid dienone is 2. The summed E-state index contributed by atoms with van der Waals surface area (Å²) in [6.07, 6.45) is 6.89. The molecule has 0 N–H and O–H groups in total. The van der Waals surface area contributed by atoms with Gasteiger partial charge in [-0.2, -0.15) is 0 Å². The van der Waals surface area contributed by atoms with Gasteiger partial charge >= 0.3 is 0 Å². The predicted octanol–water partition coefficient (Wildman–Crippen LogP) is 9.00. The second-order valence-corrected chi connectivity index (χ2v) is 14.7. The van der Waals surface area contributed by atoms with E-state index < -0.39 is 8.32 Å². The summed E-state index contributed by atoms with van der Waals surface area (Å²) in [5.74, 6) is 1.56. The first-order valence-electron chi connectivity index (χ1n) is 11.2. The van der Waals surface area contributed by atoms with Crippen LogP contribution in [0.3, 0.4) is 0 Å². The van der Waals surface area contributed by atoms with E-state index in [-0.39, 0.29) is 0 Å². The quantitative estimate of drug-likeness (QED) is 0.193. The van der Waals surface area contributed by atoms with Crippen molar-refractivity contribution in [2.75, 3.05) is 0 Å². The molecule has 0 spiro atoms. The van der Waals surface area contributed by atoms with Crippen LogP contribution in [-0.2, 0) is 4.43 Å². The molecule has 158 valence electrons. The number of unbranched alkanes of at least 4 members (excludes halogenated alkanes) is 1. The van der Waals surface area contributed by atoms with Gasteiger partial charge < -0.3 is 4.43 Å². The lowest BCUT2D eigenvalue weighted by atomic mass is 9.92. The molecule has 0 aromatic heterocycles. The van der Waals surface area contributed by atoms with Gasteiger partial charge in [0.25, 0.3) is 8.32 Å². The van der Waals surface area contributed by atoms with E-state index in [1.807, 2.05) is 0 Å². The van der Waals surface area contributed by atoms with Crippen LogP contribution in [0.15, 0.2) is 54.3 Å². The molecule has 1 rings (SSSR count). The van der Waals surface area contributed by atoms with Crippen LogP contribution in [0.1, 0.15) is 92.6 Å². The molecule has 0 aliphatic carbocycles. The monoisotopic (exact) mass is 400 g/mol. The lowest BCUT2D eigenvalue weighted by Crippen LogP contribution is -2.47. The molecule has 1 unspecified atom stereocenters. The summed E-state index contributed by atoms with van der Waals surface area (Å²) in [7, 11) is -1.97. The lowest BCUT2D eigenvalue weighted by molar-refractivity contribution is 0.357. The van der Waals surface area contributed by atoms with Crippen LogP contribution in [0.25, 0.3) is 0 Å². The van der Waals surface area contributed by atoms with Crippen molar-refractivity contribution in [3.63, 3.8) is 0 Å². The van der Waals surface area contributed by atoms with Gasteiger partial charge in [0, 0.05) is 12.3 Å². The Morgan fingerprint density at radius 3 is 1.96 bits per heavy atom. The van der Waals surface area contributed by atoms with Crippen molar-refractivity contribution in [2.45, 2.75) is 104 Å². The smallest absolute Gasteiger partial charge is 0.258 e. The highest BCUT2D eigenvalue weighted by atomic mass is 28.4. The summed E-state index contributed by atoms with van der Waals surface area (Å²) in [6.45, 7) is 22.7. The van der Waals surface area contributed by atoms with Crippen LogP contribution in [0, 0.1) is 0 Å². The molecule has 0 fully saturated rings. The Balaban J connectivity index is 3.37. The maximum absolute atomic E-state index is 7.10. The molecule has 2 heteroatoms. The highest BCUT2D eigenvalue weighted by molar-refractivity contribution is 6.77. The second-order valence-electron chi connectivity index (χ2n) is 9.35. The van der Waals surface area contributed by atoms with Crippen molar-refractivity contribution in [1.29, 1.82) is 0 Å². The Hall–Kier alpha value is -1.28. The largest absolute Gasteiger partial charge is 0.546 e. The van der Waals surface area contributed by atoms with Crippen LogP contribution in [0.5, 0.6) is 0 Å². The predicted molar refractivity (Wildman–Crippen MR) is 128 cm³/mol.